The number of rotatable bonds is 3. The molecular formula is C23H34N4O2S. The zero-order chi connectivity index (χ0) is 21.3. The van der Waals surface area contributed by atoms with Crippen LogP contribution in [-0.2, 0) is 11.3 Å². The lowest BCUT2D eigenvalue weighted by Crippen LogP contribution is -2.48. The van der Waals surface area contributed by atoms with Gasteiger partial charge in [-0.3, -0.25) is 14.1 Å². The number of carbonyl (C=O) groups excluding carboxylic acids is 1. The van der Waals surface area contributed by atoms with Gasteiger partial charge in [0.05, 0.1) is 17.9 Å². The number of fused-ring (bicyclic) bond motifs is 3. The van der Waals surface area contributed by atoms with Crippen molar-refractivity contribution in [3.63, 3.8) is 0 Å². The van der Waals surface area contributed by atoms with E-state index in [1.807, 2.05) is 18.7 Å². The number of aromatic nitrogens is 2. The maximum absolute atomic E-state index is 13.5. The Bertz CT molecular complexity index is 956. The lowest BCUT2D eigenvalue weighted by Gasteiger charge is -2.40. The molecule has 7 heteroatoms. The molecule has 4 heterocycles. The Morgan fingerprint density at radius 1 is 1.23 bits per heavy atom. The smallest absolute Gasteiger partial charge is 0.274 e. The SMILES string of the molecule is C[C@@H]1CN(C(=O)c2nc3sccn3c2CN2C[C@]3(C)C[C@H]2CC(C)(C)C3)C[C@H](C)O1. The molecule has 164 valence electrons. The number of imidazole rings is 1. The fraction of sp³-hybridized carbons (Fsp3) is 0.739. The van der Waals surface area contributed by atoms with Crippen molar-refractivity contribution in [1.29, 1.82) is 0 Å². The van der Waals surface area contributed by atoms with Crippen LogP contribution in [0.2, 0.25) is 0 Å². The summed E-state index contributed by atoms with van der Waals surface area (Å²) in [5, 5.41) is 2.06. The van der Waals surface area contributed by atoms with Crippen LogP contribution in [0.15, 0.2) is 11.6 Å². The highest BCUT2D eigenvalue weighted by atomic mass is 32.1. The number of morpholine rings is 1. The monoisotopic (exact) mass is 430 g/mol. The van der Waals surface area contributed by atoms with Crippen LogP contribution >= 0.6 is 11.3 Å². The van der Waals surface area contributed by atoms with Crippen molar-refractivity contribution in [2.24, 2.45) is 10.8 Å². The molecule has 2 saturated heterocycles. The quantitative estimate of drug-likeness (QED) is 0.737. The van der Waals surface area contributed by atoms with E-state index in [1.54, 1.807) is 11.3 Å². The molecule has 2 aromatic rings. The molecule has 1 saturated carbocycles. The fourth-order valence-electron chi connectivity index (χ4n) is 6.60. The Labute approximate surface area is 183 Å². The fourth-order valence-corrected chi connectivity index (χ4v) is 7.34. The van der Waals surface area contributed by atoms with Gasteiger partial charge >= 0.3 is 0 Å². The second-order valence-electron chi connectivity index (χ2n) is 11.0. The molecule has 2 aliphatic heterocycles. The van der Waals surface area contributed by atoms with Gasteiger partial charge in [-0.1, -0.05) is 20.8 Å². The molecule has 5 rings (SSSR count). The molecule has 2 aromatic heterocycles. The first-order chi connectivity index (χ1) is 14.1. The minimum Gasteiger partial charge on any atom is -0.372 e. The zero-order valence-corrected chi connectivity index (χ0v) is 19.7. The third-order valence-corrected chi connectivity index (χ3v) is 7.90. The topological polar surface area (TPSA) is 50.1 Å². The molecule has 1 amide bonds. The molecule has 6 nitrogen and oxygen atoms in total. The van der Waals surface area contributed by atoms with Crippen LogP contribution < -0.4 is 0 Å². The molecule has 0 N–H and O–H groups in total. The van der Waals surface area contributed by atoms with Crippen LogP contribution in [-0.4, -0.2) is 63.0 Å². The first-order valence-corrected chi connectivity index (χ1v) is 12.1. The Morgan fingerprint density at radius 3 is 2.70 bits per heavy atom. The van der Waals surface area contributed by atoms with Gasteiger partial charge in [-0.2, -0.15) is 0 Å². The molecule has 0 aromatic carbocycles. The molecule has 2 bridgehead atoms. The second-order valence-corrected chi connectivity index (χ2v) is 11.9. The minimum absolute atomic E-state index is 0.0524. The summed E-state index contributed by atoms with van der Waals surface area (Å²) in [4.78, 5) is 23.8. The number of hydrogen-bond donors (Lipinski definition) is 0. The summed E-state index contributed by atoms with van der Waals surface area (Å²) in [6, 6.07) is 0.592. The van der Waals surface area contributed by atoms with E-state index in [0.29, 0.717) is 35.7 Å². The van der Waals surface area contributed by atoms with E-state index in [2.05, 4.69) is 41.6 Å². The number of amides is 1. The third kappa shape index (κ3) is 3.59. The number of ether oxygens (including phenoxy) is 1. The van der Waals surface area contributed by atoms with Gasteiger partial charge in [0.1, 0.15) is 0 Å². The standard InChI is InChI=1S/C23H34N4O2S/c1-15-10-25(11-16(2)29-15)20(28)19-18(27-6-7-30-21(27)24-19)12-26-14-23(5)9-17(26)8-22(3,4)13-23/h6-7,15-17H,8-14H2,1-5H3/t15-,16+,17-,23-/m1/s1. The molecule has 30 heavy (non-hydrogen) atoms. The summed E-state index contributed by atoms with van der Waals surface area (Å²) in [6.45, 7) is 14.5. The average Bonchev–Trinajstić information content (AvgIpc) is 3.26. The average molecular weight is 431 g/mol. The summed E-state index contributed by atoms with van der Waals surface area (Å²) < 4.78 is 7.98. The van der Waals surface area contributed by atoms with E-state index in [0.717, 1.165) is 23.7 Å². The van der Waals surface area contributed by atoms with Gasteiger partial charge in [-0.05, 0) is 43.9 Å². The van der Waals surface area contributed by atoms with Crippen LogP contribution in [0.3, 0.4) is 0 Å². The Hall–Kier alpha value is -1.44. The number of carbonyl (C=O) groups is 1. The molecule has 0 radical (unpaired) electrons. The number of nitrogens with zero attached hydrogens (tertiary/aromatic N) is 4. The van der Waals surface area contributed by atoms with Crippen LogP contribution in [0.25, 0.3) is 4.96 Å². The Balaban J connectivity index is 1.45. The molecule has 0 spiro atoms. The first kappa shape index (κ1) is 20.5. The van der Waals surface area contributed by atoms with E-state index >= 15 is 0 Å². The van der Waals surface area contributed by atoms with Gasteiger partial charge in [0, 0.05) is 43.8 Å². The van der Waals surface area contributed by atoms with Gasteiger partial charge in [-0.15, -0.1) is 11.3 Å². The molecule has 1 aliphatic carbocycles. The normalized spacial score (nSPS) is 34.0. The van der Waals surface area contributed by atoms with Crippen LogP contribution in [0.4, 0.5) is 0 Å². The number of thiazole rings is 1. The van der Waals surface area contributed by atoms with E-state index in [-0.39, 0.29) is 18.1 Å². The van der Waals surface area contributed by atoms with E-state index < -0.39 is 0 Å². The highest BCUT2D eigenvalue weighted by molar-refractivity contribution is 7.15. The number of hydrogen-bond acceptors (Lipinski definition) is 5. The van der Waals surface area contributed by atoms with E-state index in [9.17, 15) is 4.79 Å². The van der Waals surface area contributed by atoms with Crippen LogP contribution in [0.5, 0.6) is 0 Å². The van der Waals surface area contributed by atoms with Crippen molar-refractivity contribution in [2.75, 3.05) is 19.6 Å². The third-order valence-electron chi connectivity index (χ3n) is 7.15. The molecule has 4 atom stereocenters. The van der Waals surface area contributed by atoms with Crippen molar-refractivity contribution in [3.8, 4) is 0 Å². The van der Waals surface area contributed by atoms with Crippen LogP contribution in [0, 0.1) is 10.8 Å². The minimum atomic E-state index is 0.0524. The van der Waals surface area contributed by atoms with Gasteiger partial charge in [-0.25, -0.2) is 4.98 Å². The maximum atomic E-state index is 13.5. The predicted molar refractivity (Wildman–Crippen MR) is 119 cm³/mol. The summed E-state index contributed by atoms with van der Waals surface area (Å²) in [7, 11) is 0. The van der Waals surface area contributed by atoms with Gasteiger partial charge < -0.3 is 9.64 Å². The Kier molecular flexibility index (Phi) is 4.80. The number of likely N-dealkylation sites (tertiary alicyclic amines) is 1. The van der Waals surface area contributed by atoms with Crippen molar-refractivity contribution < 1.29 is 9.53 Å². The molecular weight excluding hydrogens is 396 g/mol. The summed E-state index contributed by atoms with van der Waals surface area (Å²) in [5.74, 6) is 0.0524. The summed E-state index contributed by atoms with van der Waals surface area (Å²) >= 11 is 1.60. The molecule has 3 aliphatic rings. The molecule has 0 unspecified atom stereocenters. The first-order valence-electron chi connectivity index (χ1n) is 11.3. The Morgan fingerprint density at radius 2 is 1.97 bits per heavy atom. The lowest BCUT2D eigenvalue weighted by molar-refractivity contribution is -0.0587. The summed E-state index contributed by atoms with van der Waals surface area (Å²) in [6.07, 6.45) is 5.97. The predicted octanol–water partition coefficient (Wildman–Crippen LogP) is 4.05. The van der Waals surface area contributed by atoms with Crippen molar-refractivity contribution in [2.45, 2.75) is 78.7 Å². The maximum Gasteiger partial charge on any atom is 0.274 e. The van der Waals surface area contributed by atoms with Crippen molar-refractivity contribution in [1.82, 2.24) is 19.2 Å². The van der Waals surface area contributed by atoms with Gasteiger partial charge in [0.15, 0.2) is 10.7 Å². The van der Waals surface area contributed by atoms with Gasteiger partial charge in [0.25, 0.3) is 5.91 Å². The van der Waals surface area contributed by atoms with E-state index in [1.165, 1.54) is 19.3 Å². The molecule has 3 fully saturated rings. The summed E-state index contributed by atoms with van der Waals surface area (Å²) in [5.41, 5.74) is 2.45. The second kappa shape index (κ2) is 7.04. The largest absolute Gasteiger partial charge is 0.372 e. The highest BCUT2D eigenvalue weighted by Gasteiger charge is 2.49. The lowest BCUT2D eigenvalue weighted by atomic mass is 9.65. The van der Waals surface area contributed by atoms with Crippen molar-refractivity contribution >= 4 is 22.2 Å². The van der Waals surface area contributed by atoms with Crippen molar-refractivity contribution in [3.05, 3.63) is 23.0 Å². The van der Waals surface area contributed by atoms with Gasteiger partial charge in [0.2, 0.25) is 0 Å². The van der Waals surface area contributed by atoms with E-state index in [4.69, 9.17) is 9.72 Å². The highest BCUT2D eigenvalue weighted by Crippen LogP contribution is 2.52. The van der Waals surface area contributed by atoms with Crippen LogP contribution in [0.1, 0.15) is 70.1 Å². The zero-order valence-electron chi connectivity index (χ0n) is 18.9.